The number of nitrogens with zero attached hydrogens (tertiary/aromatic N) is 1. The Balaban J connectivity index is 2.17. The number of hydrogen-bond donors (Lipinski definition) is 3. The normalized spacial score (nSPS) is 21.4. The molecule has 2 heterocycles. The first-order valence-corrected chi connectivity index (χ1v) is 7.46. The van der Waals surface area contributed by atoms with Gasteiger partial charge in [-0.3, -0.25) is 0 Å². The number of aromatic hydroxyl groups is 1. The minimum Gasteiger partial charge on any atom is -0.506 e. The van der Waals surface area contributed by atoms with Gasteiger partial charge in [-0.1, -0.05) is 0 Å². The molecule has 1 aromatic carbocycles. The highest BCUT2D eigenvalue weighted by Crippen LogP contribution is 2.37. The quantitative estimate of drug-likeness (QED) is 0.670. The molecule has 1 saturated heterocycles. The number of benzene rings is 1. The van der Waals surface area contributed by atoms with E-state index in [1.54, 1.807) is 0 Å². The zero-order valence-corrected chi connectivity index (χ0v) is 10.9. The lowest BCUT2D eigenvalue weighted by molar-refractivity contribution is 0.464. The van der Waals surface area contributed by atoms with E-state index in [0.717, 1.165) is 16.4 Å². The van der Waals surface area contributed by atoms with Crippen LogP contribution in [0.4, 0.5) is 10.1 Å². The molecule has 8 heteroatoms. The first-order valence-electron chi connectivity index (χ1n) is 6.02. The number of fused-ring (bicyclic) bond motifs is 1. The topological polar surface area (TPSA) is 81.7 Å². The summed E-state index contributed by atoms with van der Waals surface area (Å²) < 4.78 is 41.2. The van der Waals surface area contributed by atoms with E-state index in [-0.39, 0.29) is 24.5 Å². The molecule has 0 spiro atoms. The molecule has 1 fully saturated rings. The van der Waals surface area contributed by atoms with E-state index >= 15 is 0 Å². The van der Waals surface area contributed by atoms with E-state index in [1.165, 1.54) is 6.07 Å². The standard InChI is InChI=1S/C11H14FN3O3S/c12-10-8-6-13-2-1-7(8)5-9(16)11(10)15-4-3-14-19(15,17)18/h5,13-14,16H,1-4,6H2. The van der Waals surface area contributed by atoms with Crippen LogP contribution in [0.2, 0.25) is 0 Å². The molecule has 2 aliphatic heterocycles. The number of phenolic OH excluding ortho intramolecular Hbond substituents is 1. The summed E-state index contributed by atoms with van der Waals surface area (Å²) in [7, 11) is -3.75. The Morgan fingerprint density at radius 1 is 1.37 bits per heavy atom. The van der Waals surface area contributed by atoms with Crippen molar-refractivity contribution in [3.8, 4) is 5.75 Å². The van der Waals surface area contributed by atoms with Crippen molar-refractivity contribution in [2.75, 3.05) is 23.9 Å². The molecule has 3 N–H and O–H groups in total. The highest BCUT2D eigenvalue weighted by atomic mass is 32.2. The first kappa shape index (κ1) is 12.6. The third-order valence-electron chi connectivity index (χ3n) is 3.43. The number of hydrogen-bond acceptors (Lipinski definition) is 4. The van der Waals surface area contributed by atoms with Gasteiger partial charge in [0.15, 0.2) is 5.82 Å². The van der Waals surface area contributed by atoms with Crippen LogP contribution < -0.4 is 14.3 Å². The minimum absolute atomic E-state index is 0.110. The van der Waals surface area contributed by atoms with Crippen molar-refractivity contribution < 1.29 is 17.9 Å². The fraction of sp³-hybridized carbons (Fsp3) is 0.455. The van der Waals surface area contributed by atoms with Crippen LogP contribution in [0.3, 0.4) is 0 Å². The number of phenols is 1. The number of anilines is 1. The average molecular weight is 287 g/mol. The van der Waals surface area contributed by atoms with Crippen LogP contribution in [0.5, 0.6) is 5.75 Å². The maximum Gasteiger partial charge on any atom is 0.301 e. The largest absolute Gasteiger partial charge is 0.506 e. The van der Waals surface area contributed by atoms with E-state index in [9.17, 15) is 17.9 Å². The number of rotatable bonds is 1. The first-order chi connectivity index (χ1) is 9.00. The van der Waals surface area contributed by atoms with Gasteiger partial charge in [0.25, 0.3) is 0 Å². The van der Waals surface area contributed by atoms with Crippen LogP contribution in [-0.2, 0) is 23.2 Å². The van der Waals surface area contributed by atoms with Gasteiger partial charge in [0.2, 0.25) is 0 Å². The fourth-order valence-electron chi connectivity index (χ4n) is 2.51. The van der Waals surface area contributed by atoms with Crippen LogP contribution in [0.15, 0.2) is 6.07 Å². The van der Waals surface area contributed by atoms with E-state index in [0.29, 0.717) is 18.5 Å². The molecule has 0 unspecified atom stereocenters. The third-order valence-corrected chi connectivity index (χ3v) is 4.94. The van der Waals surface area contributed by atoms with Gasteiger partial charge in [-0.15, -0.1) is 0 Å². The van der Waals surface area contributed by atoms with Gasteiger partial charge in [-0.2, -0.15) is 13.1 Å². The SMILES string of the molecule is O=S1(=O)NCCN1c1c(O)cc2c(c1F)CNCC2. The summed E-state index contributed by atoms with van der Waals surface area (Å²) in [5.74, 6) is -0.986. The summed E-state index contributed by atoms with van der Waals surface area (Å²) in [6.07, 6.45) is 0.616. The van der Waals surface area contributed by atoms with E-state index in [1.807, 2.05) is 0 Å². The highest BCUT2D eigenvalue weighted by molar-refractivity contribution is 7.91. The van der Waals surface area contributed by atoms with Gasteiger partial charge in [0.1, 0.15) is 11.4 Å². The molecule has 6 nitrogen and oxygen atoms in total. The average Bonchev–Trinajstić information content (AvgIpc) is 2.69. The lowest BCUT2D eigenvalue weighted by atomic mass is 9.99. The Morgan fingerprint density at radius 3 is 2.84 bits per heavy atom. The molecule has 1 aromatic rings. The maximum absolute atomic E-state index is 14.5. The van der Waals surface area contributed by atoms with Crippen LogP contribution >= 0.6 is 0 Å². The molecule has 0 aromatic heterocycles. The van der Waals surface area contributed by atoms with Crippen molar-refractivity contribution in [1.82, 2.24) is 10.0 Å². The Morgan fingerprint density at radius 2 is 2.16 bits per heavy atom. The molecule has 0 bridgehead atoms. The molecule has 104 valence electrons. The zero-order chi connectivity index (χ0) is 13.6. The van der Waals surface area contributed by atoms with Gasteiger partial charge in [0, 0.05) is 25.2 Å². The molecule has 0 aliphatic carbocycles. The van der Waals surface area contributed by atoms with Gasteiger partial charge < -0.3 is 10.4 Å². The zero-order valence-electron chi connectivity index (χ0n) is 10.1. The number of nitrogens with one attached hydrogen (secondary N) is 2. The van der Waals surface area contributed by atoms with E-state index < -0.39 is 16.0 Å². The molecule has 0 radical (unpaired) electrons. The van der Waals surface area contributed by atoms with Crippen LogP contribution in [0.25, 0.3) is 0 Å². The Kier molecular flexibility index (Phi) is 2.88. The molecule has 19 heavy (non-hydrogen) atoms. The van der Waals surface area contributed by atoms with Gasteiger partial charge in [0.05, 0.1) is 0 Å². The van der Waals surface area contributed by atoms with Crippen LogP contribution in [0, 0.1) is 5.82 Å². The second kappa shape index (κ2) is 4.32. The maximum atomic E-state index is 14.5. The Hall–Kier alpha value is -1.38. The summed E-state index contributed by atoms with van der Waals surface area (Å²) in [6, 6.07) is 1.46. The van der Waals surface area contributed by atoms with Crippen molar-refractivity contribution in [3.63, 3.8) is 0 Å². The highest BCUT2D eigenvalue weighted by Gasteiger charge is 2.34. The molecule has 0 amide bonds. The summed E-state index contributed by atoms with van der Waals surface area (Å²) >= 11 is 0. The van der Waals surface area contributed by atoms with Crippen molar-refractivity contribution in [2.45, 2.75) is 13.0 Å². The number of halogens is 1. The lowest BCUT2D eigenvalue weighted by Gasteiger charge is -2.24. The summed E-state index contributed by atoms with van der Waals surface area (Å²) in [6.45, 7) is 1.38. The van der Waals surface area contributed by atoms with Gasteiger partial charge in [-0.25, -0.2) is 8.70 Å². The summed E-state index contributed by atoms with van der Waals surface area (Å²) in [5, 5.41) is 13.0. The Bertz CT molecular complexity index is 633. The van der Waals surface area contributed by atoms with Crippen molar-refractivity contribution in [3.05, 3.63) is 23.0 Å². The smallest absolute Gasteiger partial charge is 0.301 e. The molecule has 0 saturated carbocycles. The van der Waals surface area contributed by atoms with Crippen molar-refractivity contribution in [1.29, 1.82) is 0 Å². The van der Waals surface area contributed by atoms with Gasteiger partial charge in [-0.05, 0) is 24.6 Å². The molecular formula is C11H14FN3O3S. The Labute approximate surface area is 110 Å². The predicted molar refractivity (Wildman–Crippen MR) is 67.7 cm³/mol. The second-order valence-corrected chi connectivity index (χ2v) is 6.27. The lowest BCUT2D eigenvalue weighted by Crippen LogP contribution is -2.31. The molecule has 0 atom stereocenters. The van der Waals surface area contributed by atoms with Crippen molar-refractivity contribution in [2.24, 2.45) is 0 Å². The second-order valence-electron chi connectivity index (χ2n) is 4.59. The van der Waals surface area contributed by atoms with E-state index in [4.69, 9.17) is 0 Å². The van der Waals surface area contributed by atoms with Crippen LogP contribution in [0.1, 0.15) is 11.1 Å². The molecular weight excluding hydrogens is 273 g/mol. The predicted octanol–water partition coefficient (Wildman–Crippen LogP) is -0.169. The molecule has 2 aliphatic rings. The monoisotopic (exact) mass is 287 g/mol. The van der Waals surface area contributed by atoms with Crippen LogP contribution in [-0.4, -0.2) is 33.2 Å². The summed E-state index contributed by atoms with van der Waals surface area (Å²) in [5.41, 5.74) is 0.899. The summed E-state index contributed by atoms with van der Waals surface area (Å²) in [4.78, 5) is 0. The fourth-order valence-corrected chi connectivity index (χ4v) is 3.76. The van der Waals surface area contributed by atoms with Gasteiger partial charge >= 0.3 is 10.2 Å². The third kappa shape index (κ3) is 1.96. The van der Waals surface area contributed by atoms with E-state index in [2.05, 4.69) is 10.0 Å². The minimum atomic E-state index is -3.75. The molecule has 3 rings (SSSR count). The van der Waals surface area contributed by atoms with Crippen molar-refractivity contribution >= 4 is 15.9 Å².